The second-order valence-corrected chi connectivity index (χ2v) is 7.89. The van der Waals surface area contributed by atoms with Crippen molar-refractivity contribution in [2.75, 3.05) is 40.3 Å². The molecular formula is C24H34IN5O2. The van der Waals surface area contributed by atoms with Gasteiger partial charge in [0.1, 0.15) is 11.9 Å². The molecular weight excluding hydrogens is 517 g/mol. The number of ether oxygens (including phenoxy) is 1. The lowest BCUT2D eigenvalue weighted by Gasteiger charge is -2.15. The highest BCUT2D eigenvalue weighted by Gasteiger charge is 2.22. The van der Waals surface area contributed by atoms with Gasteiger partial charge in [0.15, 0.2) is 5.96 Å². The Morgan fingerprint density at radius 1 is 1.12 bits per heavy atom. The minimum Gasteiger partial charge on any atom is -0.488 e. The first-order chi connectivity index (χ1) is 15.0. The summed E-state index contributed by atoms with van der Waals surface area (Å²) in [6.07, 6.45) is 0.989. The fourth-order valence-electron chi connectivity index (χ4n) is 3.40. The van der Waals surface area contributed by atoms with Crippen LogP contribution >= 0.6 is 24.0 Å². The summed E-state index contributed by atoms with van der Waals surface area (Å²) >= 11 is 0. The van der Waals surface area contributed by atoms with E-state index in [1.54, 1.807) is 0 Å². The van der Waals surface area contributed by atoms with Gasteiger partial charge in [0, 0.05) is 31.6 Å². The zero-order valence-electron chi connectivity index (χ0n) is 19.1. The molecule has 1 atom stereocenters. The van der Waals surface area contributed by atoms with Crippen molar-refractivity contribution in [1.29, 1.82) is 0 Å². The van der Waals surface area contributed by atoms with E-state index in [1.807, 2.05) is 68.4 Å². The molecule has 0 radical (unpaired) electrons. The number of rotatable bonds is 9. The fraction of sp³-hybridized carbons (Fsp3) is 0.417. The van der Waals surface area contributed by atoms with Crippen LogP contribution in [0.4, 0.5) is 0 Å². The minimum absolute atomic E-state index is 0. The number of carbonyl (C=O) groups is 1. The van der Waals surface area contributed by atoms with Crippen LogP contribution < -0.4 is 20.7 Å². The van der Waals surface area contributed by atoms with Gasteiger partial charge in [-0.2, -0.15) is 0 Å². The average molecular weight is 551 g/mol. The molecule has 1 heterocycles. The number of halogens is 1. The molecule has 0 aliphatic carbocycles. The molecule has 0 bridgehead atoms. The van der Waals surface area contributed by atoms with Crippen LogP contribution in [-0.2, 0) is 13.0 Å². The van der Waals surface area contributed by atoms with E-state index in [9.17, 15) is 4.79 Å². The van der Waals surface area contributed by atoms with Crippen molar-refractivity contribution < 1.29 is 9.53 Å². The van der Waals surface area contributed by atoms with Crippen molar-refractivity contribution in [2.45, 2.75) is 26.0 Å². The Labute approximate surface area is 208 Å². The number of aliphatic imine (C=N–C) groups is 1. The van der Waals surface area contributed by atoms with E-state index in [2.05, 4.69) is 27.0 Å². The van der Waals surface area contributed by atoms with Crippen molar-refractivity contribution in [3.63, 3.8) is 0 Å². The summed E-state index contributed by atoms with van der Waals surface area (Å²) in [5.74, 6) is 1.65. The second kappa shape index (κ2) is 13.3. The number of benzene rings is 2. The SMILES string of the molecule is CCNC(=NCc1cccc(C(=O)NCCN(C)C)c1)NCC1Cc2ccccc2O1.I. The molecule has 32 heavy (non-hydrogen) atoms. The van der Waals surface area contributed by atoms with Gasteiger partial charge in [-0.15, -0.1) is 24.0 Å². The molecule has 1 amide bonds. The van der Waals surface area contributed by atoms with Gasteiger partial charge in [0.25, 0.3) is 5.91 Å². The Hall–Kier alpha value is -2.33. The number of guanidine groups is 1. The van der Waals surface area contributed by atoms with Crippen LogP contribution in [0.2, 0.25) is 0 Å². The topological polar surface area (TPSA) is 78.0 Å². The van der Waals surface area contributed by atoms with Gasteiger partial charge in [-0.1, -0.05) is 30.3 Å². The fourth-order valence-corrected chi connectivity index (χ4v) is 3.40. The number of amides is 1. The molecule has 174 valence electrons. The molecule has 8 heteroatoms. The number of nitrogens with one attached hydrogen (secondary N) is 3. The third kappa shape index (κ3) is 7.98. The van der Waals surface area contributed by atoms with Crippen molar-refractivity contribution in [3.05, 3.63) is 65.2 Å². The standard InChI is InChI=1S/C24H33N5O2.HI/c1-4-25-24(28-17-21-15-19-9-5-6-11-22(19)31-21)27-16-18-8-7-10-20(14-18)23(30)26-12-13-29(2)3;/h5-11,14,21H,4,12-13,15-17H2,1-3H3,(H,26,30)(H2,25,27,28);1H. The lowest BCUT2D eigenvalue weighted by atomic mass is 10.1. The minimum atomic E-state index is -0.0596. The summed E-state index contributed by atoms with van der Waals surface area (Å²) in [5, 5.41) is 9.59. The zero-order chi connectivity index (χ0) is 22.1. The quantitative estimate of drug-likeness (QED) is 0.254. The number of hydrogen-bond donors (Lipinski definition) is 3. The van der Waals surface area contributed by atoms with Crippen LogP contribution in [0.1, 0.15) is 28.4 Å². The van der Waals surface area contributed by atoms with Crippen LogP contribution in [0.25, 0.3) is 0 Å². The predicted octanol–water partition coefficient (Wildman–Crippen LogP) is 2.65. The van der Waals surface area contributed by atoms with Gasteiger partial charge in [-0.05, 0) is 50.3 Å². The number of carbonyl (C=O) groups excluding carboxylic acids is 1. The van der Waals surface area contributed by atoms with Gasteiger partial charge in [0.05, 0.1) is 13.1 Å². The summed E-state index contributed by atoms with van der Waals surface area (Å²) in [6, 6.07) is 15.8. The molecule has 1 aliphatic rings. The van der Waals surface area contributed by atoms with E-state index in [4.69, 9.17) is 4.74 Å². The van der Waals surface area contributed by atoms with E-state index in [-0.39, 0.29) is 36.0 Å². The highest BCUT2D eigenvalue weighted by Crippen LogP contribution is 2.27. The molecule has 2 aromatic rings. The Balaban J connectivity index is 0.00000363. The summed E-state index contributed by atoms with van der Waals surface area (Å²) in [5.41, 5.74) is 2.89. The lowest BCUT2D eigenvalue weighted by molar-refractivity contribution is 0.0951. The Kier molecular flexibility index (Phi) is 10.8. The molecule has 0 fully saturated rings. The molecule has 1 aliphatic heterocycles. The van der Waals surface area contributed by atoms with E-state index >= 15 is 0 Å². The van der Waals surface area contributed by atoms with Gasteiger partial charge < -0.3 is 25.6 Å². The Bertz CT molecular complexity index is 878. The Morgan fingerprint density at radius 3 is 2.69 bits per heavy atom. The van der Waals surface area contributed by atoms with Gasteiger partial charge in [0.2, 0.25) is 0 Å². The molecule has 0 saturated heterocycles. The van der Waals surface area contributed by atoms with Gasteiger partial charge >= 0.3 is 0 Å². The van der Waals surface area contributed by atoms with Crippen LogP contribution in [0, 0.1) is 0 Å². The second-order valence-electron chi connectivity index (χ2n) is 7.89. The first-order valence-electron chi connectivity index (χ1n) is 10.8. The maximum Gasteiger partial charge on any atom is 0.251 e. The van der Waals surface area contributed by atoms with Crippen molar-refractivity contribution >= 4 is 35.8 Å². The normalized spacial score (nSPS) is 14.9. The smallest absolute Gasteiger partial charge is 0.251 e. The molecule has 7 nitrogen and oxygen atoms in total. The van der Waals surface area contributed by atoms with Crippen molar-refractivity contribution in [2.24, 2.45) is 4.99 Å². The molecule has 2 aromatic carbocycles. The number of nitrogens with zero attached hydrogens (tertiary/aromatic N) is 2. The number of fused-ring (bicyclic) bond motifs is 1. The zero-order valence-corrected chi connectivity index (χ0v) is 21.4. The molecule has 0 saturated carbocycles. The summed E-state index contributed by atoms with van der Waals surface area (Å²) < 4.78 is 5.99. The monoisotopic (exact) mass is 551 g/mol. The predicted molar refractivity (Wildman–Crippen MR) is 140 cm³/mol. The Morgan fingerprint density at radius 2 is 1.94 bits per heavy atom. The van der Waals surface area contributed by atoms with Crippen LogP contribution in [-0.4, -0.2) is 63.1 Å². The third-order valence-corrected chi connectivity index (χ3v) is 5.01. The summed E-state index contributed by atoms with van der Waals surface area (Å²) in [4.78, 5) is 19.1. The molecule has 0 spiro atoms. The van der Waals surface area contributed by atoms with E-state index in [0.717, 1.165) is 36.8 Å². The van der Waals surface area contributed by atoms with Crippen LogP contribution in [0.5, 0.6) is 5.75 Å². The largest absolute Gasteiger partial charge is 0.488 e. The third-order valence-electron chi connectivity index (χ3n) is 5.01. The first kappa shape index (κ1) is 25.9. The van der Waals surface area contributed by atoms with E-state index in [0.29, 0.717) is 25.2 Å². The van der Waals surface area contributed by atoms with Crippen LogP contribution in [0.3, 0.4) is 0 Å². The highest BCUT2D eigenvalue weighted by molar-refractivity contribution is 14.0. The first-order valence-corrected chi connectivity index (χ1v) is 10.8. The van der Waals surface area contributed by atoms with E-state index in [1.165, 1.54) is 5.56 Å². The number of para-hydroxylation sites is 1. The average Bonchev–Trinajstić information content (AvgIpc) is 3.18. The number of hydrogen-bond acceptors (Lipinski definition) is 4. The van der Waals surface area contributed by atoms with Crippen LogP contribution in [0.15, 0.2) is 53.5 Å². The van der Waals surface area contributed by atoms with Gasteiger partial charge in [-0.25, -0.2) is 4.99 Å². The molecule has 1 unspecified atom stereocenters. The lowest BCUT2D eigenvalue weighted by Crippen LogP contribution is -2.42. The summed E-state index contributed by atoms with van der Waals surface area (Å²) in [7, 11) is 3.97. The maximum atomic E-state index is 12.4. The van der Waals surface area contributed by atoms with E-state index < -0.39 is 0 Å². The maximum absolute atomic E-state index is 12.4. The van der Waals surface area contributed by atoms with Crippen molar-refractivity contribution in [3.8, 4) is 5.75 Å². The van der Waals surface area contributed by atoms with Crippen molar-refractivity contribution in [1.82, 2.24) is 20.9 Å². The summed E-state index contributed by atoms with van der Waals surface area (Å²) in [6.45, 7) is 5.40. The molecule has 3 rings (SSSR count). The highest BCUT2D eigenvalue weighted by atomic mass is 127. The van der Waals surface area contributed by atoms with Gasteiger partial charge in [-0.3, -0.25) is 4.79 Å². The number of likely N-dealkylation sites (N-methyl/N-ethyl adjacent to an activating group) is 1. The molecule has 3 N–H and O–H groups in total. The molecule has 0 aromatic heterocycles.